The molecular weight excluding hydrogens is 556 g/mol. The van der Waals surface area contributed by atoms with Crippen LogP contribution < -0.4 is 21.4 Å². The average molecular weight is 605 g/mol. The lowest BCUT2D eigenvalue weighted by Crippen LogP contribution is -2.46. The molecule has 42 heavy (non-hydrogen) atoms. The van der Waals surface area contributed by atoms with Gasteiger partial charge in [0, 0.05) is 30.0 Å². The summed E-state index contributed by atoms with van der Waals surface area (Å²) < 4.78 is 10.1. The fraction of sp³-hybridized carbons (Fsp3) is 0.516. The quantitative estimate of drug-likeness (QED) is 0.178. The number of amides is 1. The smallest absolute Gasteiger partial charge is 0.350 e. The number of carbonyl (C=O) groups excluding carboxylic acids is 3. The van der Waals surface area contributed by atoms with Gasteiger partial charge in [0.25, 0.3) is 5.56 Å². The summed E-state index contributed by atoms with van der Waals surface area (Å²) in [4.78, 5) is 57.6. The van der Waals surface area contributed by atoms with Crippen molar-refractivity contribution in [3.63, 3.8) is 0 Å². The second-order valence-corrected chi connectivity index (χ2v) is 11.0. The number of methoxy groups -OCH3 is 1. The Labute approximate surface area is 253 Å². The van der Waals surface area contributed by atoms with Gasteiger partial charge in [0.15, 0.2) is 0 Å². The highest BCUT2D eigenvalue weighted by Crippen LogP contribution is 2.46. The van der Waals surface area contributed by atoms with Crippen LogP contribution in [0.3, 0.4) is 0 Å². The number of hydrogen-bond donors (Lipinski definition) is 2. The van der Waals surface area contributed by atoms with E-state index in [9.17, 15) is 24.0 Å². The van der Waals surface area contributed by atoms with E-state index in [-0.39, 0.29) is 24.3 Å². The van der Waals surface area contributed by atoms with E-state index in [1.807, 2.05) is 26.0 Å². The number of benzene rings is 1. The Morgan fingerprint density at radius 3 is 2.10 bits per heavy atom. The highest BCUT2D eigenvalue weighted by atomic mass is 32.2. The average Bonchev–Trinajstić information content (AvgIpc) is 3.88. The van der Waals surface area contributed by atoms with Crippen molar-refractivity contribution in [2.45, 2.75) is 98.6 Å². The van der Waals surface area contributed by atoms with E-state index in [2.05, 4.69) is 28.7 Å². The van der Waals surface area contributed by atoms with Gasteiger partial charge < -0.3 is 4.74 Å². The van der Waals surface area contributed by atoms with E-state index in [0.29, 0.717) is 17.4 Å². The standard InChI is InChI=1S/C19H24N4O3S.C5H8O2.C4H6O.C2H6.CH4/c1-12(24)20-23-16(25)14-10-13(27-21-19(3)8-9-19)4-5-15(14)22(17(23)26)11-18(2)6-7-18;1-3-4-5(6)7-2;1-2-3-4-5;1-2;/h4-5,10,21H,6-9,11H2,1-3H3,(H,20,24);3-4H,1-2H3;2-4H,1H3;1-2H3;1H4/b;4-3-;3-2-;;. The molecule has 0 radical (unpaired) electrons. The number of aromatic nitrogens is 2. The van der Waals surface area contributed by atoms with Gasteiger partial charge in [-0.05, 0) is 88.1 Å². The van der Waals surface area contributed by atoms with Crippen LogP contribution in [0.5, 0.6) is 0 Å². The molecule has 2 aromatic rings. The lowest BCUT2D eigenvalue weighted by Gasteiger charge is -2.17. The maximum atomic E-state index is 12.9. The van der Waals surface area contributed by atoms with Crippen molar-refractivity contribution in [2.24, 2.45) is 5.41 Å². The summed E-state index contributed by atoms with van der Waals surface area (Å²) in [7, 11) is 1.35. The number of allylic oxidation sites excluding steroid dienone is 3. The summed E-state index contributed by atoms with van der Waals surface area (Å²) in [6.07, 6.45) is 11.3. The molecule has 0 unspecified atom stereocenters. The van der Waals surface area contributed by atoms with Gasteiger partial charge in [-0.15, -0.1) is 0 Å². The van der Waals surface area contributed by atoms with Crippen molar-refractivity contribution < 1.29 is 19.1 Å². The van der Waals surface area contributed by atoms with Gasteiger partial charge >= 0.3 is 11.7 Å². The largest absolute Gasteiger partial charge is 0.466 e. The van der Waals surface area contributed by atoms with E-state index in [4.69, 9.17) is 0 Å². The van der Waals surface area contributed by atoms with E-state index >= 15 is 0 Å². The fourth-order valence-corrected chi connectivity index (χ4v) is 4.21. The molecule has 1 aromatic carbocycles. The molecule has 10 nitrogen and oxygen atoms in total. The molecule has 1 aromatic heterocycles. The summed E-state index contributed by atoms with van der Waals surface area (Å²) >= 11 is 1.50. The van der Waals surface area contributed by atoms with Crippen LogP contribution >= 0.6 is 11.9 Å². The summed E-state index contributed by atoms with van der Waals surface area (Å²) in [5.41, 5.74) is 2.23. The first-order valence-electron chi connectivity index (χ1n) is 13.7. The predicted octanol–water partition coefficient (Wildman–Crippen LogP) is 5.36. The topological polar surface area (TPSA) is 128 Å². The number of ether oxygens (including phenoxy) is 1. The van der Waals surface area contributed by atoms with Crippen molar-refractivity contribution in [1.82, 2.24) is 14.0 Å². The Morgan fingerprint density at radius 2 is 1.69 bits per heavy atom. The van der Waals surface area contributed by atoms with E-state index in [1.165, 1.54) is 38.1 Å². The van der Waals surface area contributed by atoms with Crippen molar-refractivity contribution in [2.75, 3.05) is 12.5 Å². The normalized spacial score (nSPS) is 15.0. The first-order valence-corrected chi connectivity index (χ1v) is 14.5. The zero-order chi connectivity index (χ0) is 31.2. The van der Waals surface area contributed by atoms with Gasteiger partial charge in [-0.25, -0.2) is 9.59 Å². The molecule has 2 aliphatic rings. The molecule has 0 saturated heterocycles. The number of carbonyl (C=O) groups is 3. The van der Waals surface area contributed by atoms with Crippen LogP contribution in [0.4, 0.5) is 0 Å². The van der Waals surface area contributed by atoms with Crippen molar-refractivity contribution >= 4 is 41.0 Å². The fourth-order valence-electron chi connectivity index (χ4n) is 3.33. The Bertz CT molecular complexity index is 1370. The lowest BCUT2D eigenvalue weighted by atomic mass is 10.1. The van der Waals surface area contributed by atoms with Crippen LogP contribution in [-0.4, -0.2) is 40.1 Å². The molecule has 2 fully saturated rings. The van der Waals surface area contributed by atoms with Gasteiger partial charge in [0.2, 0.25) is 5.91 Å². The molecule has 2 aliphatic carbocycles. The Morgan fingerprint density at radius 1 is 1.07 bits per heavy atom. The lowest BCUT2D eigenvalue weighted by molar-refractivity contribution is -0.134. The third-order valence-corrected chi connectivity index (χ3v) is 7.30. The Hall–Kier alpha value is -3.44. The van der Waals surface area contributed by atoms with Crippen molar-refractivity contribution in [1.29, 1.82) is 0 Å². The van der Waals surface area contributed by atoms with Crippen LogP contribution in [0.2, 0.25) is 0 Å². The number of aldehydes is 1. The van der Waals surface area contributed by atoms with Gasteiger partial charge in [-0.2, -0.15) is 4.68 Å². The molecule has 1 heterocycles. The van der Waals surface area contributed by atoms with Crippen LogP contribution in [0.1, 0.15) is 81.6 Å². The first-order chi connectivity index (χ1) is 19.4. The molecule has 0 spiro atoms. The van der Waals surface area contributed by atoms with Gasteiger partial charge in [-0.1, -0.05) is 40.3 Å². The van der Waals surface area contributed by atoms with Gasteiger partial charge in [0.1, 0.15) is 6.29 Å². The molecule has 2 N–H and O–H groups in total. The highest BCUT2D eigenvalue weighted by molar-refractivity contribution is 7.97. The molecule has 0 atom stereocenters. The van der Waals surface area contributed by atoms with Crippen molar-refractivity contribution in [3.05, 3.63) is 63.3 Å². The second kappa shape index (κ2) is 18.2. The number of esters is 1. The van der Waals surface area contributed by atoms with Crippen LogP contribution in [-0.2, 0) is 25.7 Å². The summed E-state index contributed by atoms with van der Waals surface area (Å²) in [5.74, 6) is -0.755. The van der Waals surface area contributed by atoms with E-state index in [0.717, 1.165) is 41.5 Å². The van der Waals surface area contributed by atoms with E-state index in [1.54, 1.807) is 36.6 Å². The Balaban J connectivity index is 0.000000945. The van der Waals surface area contributed by atoms with Gasteiger partial charge in [-0.3, -0.25) is 29.1 Å². The Kier molecular flexibility index (Phi) is 16.7. The number of nitrogens with zero attached hydrogens (tertiary/aromatic N) is 2. The minimum atomic E-state index is -0.500. The molecule has 11 heteroatoms. The summed E-state index contributed by atoms with van der Waals surface area (Å²) in [5, 5.41) is 0.431. The SMILES string of the molecule is C.C/C=C\C(=O)OC.C/C=C\C=O.CC.CC(=O)Nn1c(=O)c2cc(SNC3(C)CC3)ccc2n(CC2(C)CC2)c1=O. The maximum absolute atomic E-state index is 12.9. The molecule has 0 bridgehead atoms. The minimum absolute atomic E-state index is 0. The number of fused-ring (bicyclic) bond motifs is 1. The molecule has 2 saturated carbocycles. The minimum Gasteiger partial charge on any atom is -0.466 e. The number of hydrogen-bond acceptors (Lipinski definition) is 8. The van der Waals surface area contributed by atoms with Crippen LogP contribution in [0.15, 0.2) is 57.0 Å². The second-order valence-electron chi connectivity index (χ2n) is 10.1. The zero-order valence-corrected chi connectivity index (χ0v) is 26.2. The molecule has 1 amide bonds. The zero-order valence-electron chi connectivity index (χ0n) is 25.4. The molecular formula is C31H48N4O6S. The van der Waals surface area contributed by atoms with Crippen LogP contribution in [0, 0.1) is 5.41 Å². The number of nitrogens with one attached hydrogen (secondary N) is 2. The summed E-state index contributed by atoms with van der Waals surface area (Å²) in [6.45, 7) is 13.7. The molecule has 4 rings (SSSR count). The summed E-state index contributed by atoms with van der Waals surface area (Å²) in [6, 6.07) is 5.56. The predicted molar refractivity (Wildman–Crippen MR) is 172 cm³/mol. The van der Waals surface area contributed by atoms with Gasteiger partial charge in [0.05, 0.1) is 18.0 Å². The van der Waals surface area contributed by atoms with E-state index < -0.39 is 17.2 Å². The highest BCUT2D eigenvalue weighted by Gasteiger charge is 2.39. The third-order valence-electron chi connectivity index (χ3n) is 6.22. The first kappa shape index (κ1) is 38.6. The van der Waals surface area contributed by atoms with Crippen molar-refractivity contribution in [3.8, 4) is 0 Å². The third kappa shape index (κ3) is 12.2. The molecule has 0 aliphatic heterocycles. The van der Waals surface area contributed by atoms with Crippen LogP contribution in [0.25, 0.3) is 10.9 Å². The maximum Gasteiger partial charge on any atom is 0.350 e. The molecule has 234 valence electrons. The monoisotopic (exact) mass is 604 g/mol. The number of rotatable bonds is 8.